The van der Waals surface area contributed by atoms with E-state index in [4.69, 9.17) is 4.84 Å². The molecule has 33 heavy (non-hydrogen) atoms. The predicted octanol–water partition coefficient (Wildman–Crippen LogP) is 1.66. The number of rotatable bonds is 11. The lowest BCUT2D eigenvalue weighted by molar-refractivity contribution is -0.197. The summed E-state index contributed by atoms with van der Waals surface area (Å²) in [6.45, 7) is 0.522. The first kappa shape index (κ1) is 24.3. The average molecular weight is 459 g/mol. The van der Waals surface area contributed by atoms with Crippen LogP contribution in [0.25, 0.3) is 0 Å². The van der Waals surface area contributed by atoms with E-state index in [1.807, 2.05) is 6.07 Å². The normalized spacial score (nSPS) is 20.5. The summed E-state index contributed by atoms with van der Waals surface area (Å²) >= 11 is 0. The van der Waals surface area contributed by atoms with Crippen LogP contribution in [0, 0.1) is 5.92 Å². The number of imide groups is 1. The second kappa shape index (κ2) is 11.5. The lowest BCUT2D eigenvalue weighted by Gasteiger charge is -2.24. The Morgan fingerprint density at radius 3 is 2.45 bits per heavy atom. The molecule has 0 saturated carbocycles. The Balaban J connectivity index is 1.29. The van der Waals surface area contributed by atoms with Crippen molar-refractivity contribution in [3.8, 4) is 0 Å². The summed E-state index contributed by atoms with van der Waals surface area (Å²) in [5, 5.41) is 3.51. The number of aromatic nitrogens is 1. The van der Waals surface area contributed by atoms with E-state index in [1.165, 1.54) is 0 Å². The van der Waals surface area contributed by atoms with Gasteiger partial charge < -0.3 is 15.1 Å². The molecule has 3 heterocycles. The molecule has 10 nitrogen and oxygen atoms in total. The number of likely N-dealkylation sites (tertiary alicyclic amines) is 1. The van der Waals surface area contributed by atoms with Crippen LogP contribution in [-0.4, -0.2) is 58.1 Å². The van der Waals surface area contributed by atoms with Gasteiger partial charge in [0.15, 0.2) is 0 Å². The second-order valence-electron chi connectivity index (χ2n) is 8.40. The molecule has 10 heteroatoms. The zero-order valence-corrected chi connectivity index (χ0v) is 18.8. The maximum absolute atomic E-state index is 12.7. The minimum Gasteiger partial charge on any atom is -0.356 e. The fourth-order valence-electron chi connectivity index (χ4n) is 4.18. The molecule has 2 saturated heterocycles. The lowest BCUT2D eigenvalue weighted by Crippen LogP contribution is -2.35. The van der Waals surface area contributed by atoms with Crippen LogP contribution >= 0.6 is 0 Å². The van der Waals surface area contributed by atoms with Gasteiger partial charge in [0.2, 0.25) is 11.8 Å². The Bertz CT molecular complexity index is 874. The summed E-state index contributed by atoms with van der Waals surface area (Å²) in [7, 11) is 1.71. The van der Waals surface area contributed by atoms with E-state index in [9.17, 15) is 24.0 Å². The Labute approximate surface area is 192 Å². The molecule has 0 spiro atoms. The zero-order valence-electron chi connectivity index (χ0n) is 18.8. The molecule has 0 bridgehead atoms. The van der Waals surface area contributed by atoms with Crippen LogP contribution in [0.1, 0.15) is 69.4 Å². The molecule has 2 aliphatic heterocycles. The van der Waals surface area contributed by atoms with Gasteiger partial charge >= 0.3 is 5.97 Å². The van der Waals surface area contributed by atoms with Gasteiger partial charge in [-0.3, -0.25) is 24.2 Å². The molecule has 1 aromatic heterocycles. The summed E-state index contributed by atoms with van der Waals surface area (Å²) in [5.41, 5.74) is 0.850. The van der Waals surface area contributed by atoms with Crippen molar-refractivity contribution in [2.24, 2.45) is 5.92 Å². The number of unbranched alkanes of at least 4 members (excludes halogenated alkanes) is 4. The molecular weight excluding hydrogens is 428 g/mol. The van der Waals surface area contributed by atoms with Crippen LogP contribution < -0.4 is 5.32 Å². The minimum absolute atomic E-state index is 0.0546. The van der Waals surface area contributed by atoms with Crippen molar-refractivity contribution in [1.82, 2.24) is 20.3 Å². The van der Waals surface area contributed by atoms with Crippen LogP contribution in [-0.2, 0) is 28.8 Å². The van der Waals surface area contributed by atoms with Crippen LogP contribution in [0.4, 0.5) is 0 Å². The summed E-state index contributed by atoms with van der Waals surface area (Å²) in [4.78, 5) is 70.0. The summed E-state index contributed by atoms with van der Waals surface area (Å²) in [5.74, 6) is -2.15. The molecule has 3 rings (SSSR count). The van der Waals surface area contributed by atoms with Crippen LogP contribution in [0.2, 0.25) is 0 Å². The standard InChI is InChI=1S/C23H30N4O6/c1-26-20(30)14-17(22(26)16-8-7-12-24-15-16)23(32)25-13-6-4-2-3-5-9-21(31)33-27-18(28)10-11-19(27)29/h7-8,12,15,17,22H,2-6,9-11,13-14H2,1H3,(H,25,32). The van der Waals surface area contributed by atoms with Crippen molar-refractivity contribution in [2.75, 3.05) is 13.6 Å². The monoisotopic (exact) mass is 458 g/mol. The quantitative estimate of drug-likeness (QED) is 0.395. The van der Waals surface area contributed by atoms with Crippen LogP contribution in [0.3, 0.4) is 0 Å². The highest BCUT2D eigenvalue weighted by Crippen LogP contribution is 2.36. The first-order chi connectivity index (χ1) is 15.9. The van der Waals surface area contributed by atoms with Gasteiger partial charge in [-0.25, -0.2) is 4.79 Å². The Kier molecular flexibility index (Phi) is 8.51. The molecule has 4 amide bonds. The number of hydrogen-bond acceptors (Lipinski definition) is 7. The number of hydrogen-bond donors (Lipinski definition) is 1. The molecule has 1 N–H and O–H groups in total. The first-order valence-corrected chi connectivity index (χ1v) is 11.4. The van der Waals surface area contributed by atoms with Crippen molar-refractivity contribution in [1.29, 1.82) is 0 Å². The number of carbonyl (C=O) groups is 5. The molecule has 0 radical (unpaired) electrons. The van der Waals surface area contributed by atoms with Crippen molar-refractivity contribution >= 4 is 29.6 Å². The SMILES string of the molecule is CN1C(=O)CC(C(=O)NCCCCCCCC(=O)ON2C(=O)CCC2=O)C1c1cccnc1. The van der Waals surface area contributed by atoms with E-state index in [-0.39, 0.29) is 43.5 Å². The maximum atomic E-state index is 12.7. The smallest absolute Gasteiger partial charge is 0.333 e. The number of hydroxylamine groups is 2. The minimum atomic E-state index is -0.579. The number of amides is 4. The highest BCUT2D eigenvalue weighted by molar-refractivity contribution is 6.01. The predicted molar refractivity (Wildman–Crippen MR) is 116 cm³/mol. The number of nitrogens with zero attached hydrogens (tertiary/aromatic N) is 3. The molecule has 0 aromatic carbocycles. The number of pyridine rings is 1. The molecule has 0 aliphatic carbocycles. The number of carbonyl (C=O) groups excluding carboxylic acids is 5. The molecule has 178 valence electrons. The van der Waals surface area contributed by atoms with Gasteiger partial charge in [-0.1, -0.05) is 25.3 Å². The van der Waals surface area contributed by atoms with Gasteiger partial charge in [-0.2, -0.15) is 0 Å². The second-order valence-corrected chi connectivity index (χ2v) is 8.40. The van der Waals surface area contributed by atoms with Crippen LogP contribution in [0.15, 0.2) is 24.5 Å². The van der Waals surface area contributed by atoms with E-state index < -0.39 is 23.7 Å². The third kappa shape index (κ3) is 6.36. The van der Waals surface area contributed by atoms with Crippen molar-refractivity contribution < 1.29 is 28.8 Å². The van der Waals surface area contributed by atoms with Crippen molar-refractivity contribution in [3.63, 3.8) is 0 Å². The molecule has 2 aliphatic rings. The summed E-state index contributed by atoms with van der Waals surface area (Å²) in [6, 6.07) is 3.37. The average Bonchev–Trinajstić information content (AvgIpc) is 3.28. The van der Waals surface area contributed by atoms with Gasteiger partial charge in [-0.15, -0.1) is 5.06 Å². The lowest BCUT2D eigenvalue weighted by atomic mass is 9.94. The molecule has 1 aromatic rings. The fraction of sp³-hybridized carbons (Fsp3) is 0.565. The summed E-state index contributed by atoms with van der Waals surface area (Å²) < 4.78 is 0. The summed E-state index contributed by atoms with van der Waals surface area (Å²) in [6.07, 6.45) is 7.81. The van der Waals surface area contributed by atoms with E-state index in [0.717, 1.165) is 31.2 Å². The molecule has 2 unspecified atom stereocenters. The maximum Gasteiger partial charge on any atom is 0.333 e. The van der Waals surface area contributed by atoms with Gasteiger partial charge in [0.1, 0.15) is 0 Å². The Morgan fingerprint density at radius 1 is 1.06 bits per heavy atom. The molecule has 2 atom stereocenters. The van der Waals surface area contributed by atoms with Gasteiger partial charge in [0.05, 0.1) is 12.0 Å². The largest absolute Gasteiger partial charge is 0.356 e. The van der Waals surface area contributed by atoms with Gasteiger partial charge in [0.25, 0.3) is 11.8 Å². The topological polar surface area (TPSA) is 126 Å². The van der Waals surface area contributed by atoms with Gasteiger partial charge in [-0.05, 0) is 24.5 Å². The third-order valence-electron chi connectivity index (χ3n) is 6.00. The van der Waals surface area contributed by atoms with E-state index in [0.29, 0.717) is 18.0 Å². The first-order valence-electron chi connectivity index (χ1n) is 11.4. The van der Waals surface area contributed by atoms with E-state index in [1.54, 1.807) is 30.4 Å². The van der Waals surface area contributed by atoms with Crippen molar-refractivity contribution in [2.45, 2.75) is 63.8 Å². The molecular formula is C23H30N4O6. The van der Waals surface area contributed by atoms with E-state index in [2.05, 4.69) is 10.3 Å². The van der Waals surface area contributed by atoms with Crippen LogP contribution in [0.5, 0.6) is 0 Å². The van der Waals surface area contributed by atoms with Gasteiger partial charge in [0, 0.05) is 51.7 Å². The van der Waals surface area contributed by atoms with Crippen molar-refractivity contribution in [3.05, 3.63) is 30.1 Å². The highest BCUT2D eigenvalue weighted by Gasteiger charge is 2.42. The van der Waals surface area contributed by atoms with E-state index >= 15 is 0 Å². The molecule has 2 fully saturated rings. The number of nitrogens with one attached hydrogen (secondary N) is 1. The fourth-order valence-corrected chi connectivity index (χ4v) is 4.18. The Hall–Kier alpha value is -3.30. The Morgan fingerprint density at radius 2 is 1.76 bits per heavy atom. The highest BCUT2D eigenvalue weighted by atomic mass is 16.7. The third-order valence-corrected chi connectivity index (χ3v) is 6.00. The zero-order chi connectivity index (χ0) is 23.8.